The lowest BCUT2D eigenvalue weighted by Crippen LogP contribution is -2.16. The van der Waals surface area contributed by atoms with Crippen LogP contribution in [0.1, 0.15) is 24.2 Å². The molecule has 1 aromatic rings. The fraction of sp³-hybridized carbons (Fsp3) is 0.700. The number of hydrogen-bond donors (Lipinski definition) is 0. The van der Waals surface area contributed by atoms with Gasteiger partial charge in [0.15, 0.2) is 0 Å². The number of aromatic nitrogens is 2. The Labute approximate surface area is 78.7 Å². The van der Waals surface area contributed by atoms with E-state index in [-0.39, 0.29) is 0 Å². The van der Waals surface area contributed by atoms with Crippen molar-refractivity contribution >= 4 is 0 Å². The van der Waals surface area contributed by atoms with Gasteiger partial charge in [0.1, 0.15) is 0 Å². The van der Waals surface area contributed by atoms with Gasteiger partial charge in [-0.25, -0.2) is 0 Å². The Bertz CT molecular complexity index is 287. The Morgan fingerprint density at radius 3 is 3.00 bits per heavy atom. The molecule has 1 fully saturated rings. The van der Waals surface area contributed by atoms with E-state index in [4.69, 9.17) is 4.74 Å². The molecule has 1 unspecified atom stereocenters. The van der Waals surface area contributed by atoms with E-state index in [9.17, 15) is 0 Å². The average molecular weight is 180 g/mol. The lowest BCUT2D eigenvalue weighted by molar-refractivity contribution is 0.0934. The SMILES string of the molecule is Cc1cc(C)n(CC2CCCO2)n1. The summed E-state index contributed by atoms with van der Waals surface area (Å²) in [4.78, 5) is 0. The van der Waals surface area contributed by atoms with Gasteiger partial charge in [-0.1, -0.05) is 0 Å². The second kappa shape index (κ2) is 3.50. The third-order valence-electron chi connectivity index (χ3n) is 2.50. The molecule has 3 heteroatoms. The topological polar surface area (TPSA) is 27.1 Å². The van der Waals surface area contributed by atoms with Crippen LogP contribution in [-0.4, -0.2) is 22.5 Å². The summed E-state index contributed by atoms with van der Waals surface area (Å²) in [7, 11) is 0. The Morgan fingerprint density at radius 2 is 2.46 bits per heavy atom. The minimum Gasteiger partial charge on any atom is -0.376 e. The van der Waals surface area contributed by atoms with E-state index < -0.39 is 0 Å². The van der Waals surface area contributed by atoms with Gasteiger partial charge in [0, 0.05) is 12.3 Å². The summed E-state index contributed by atoms with van der Waals surface area (Å²) < 4.78 is 7.61. The molecule has 1 saturated heterocycles. The maximum Gasteiger partial charge on any atom is 0.0771 e. The predicted molar refractivity (Wildman–Crippen MR) is 50.7 cm³/mol. The van der Waals surface area contributed by atoms with E-state index in [0.29, 0.717) is 6.10 Å². The number of nitrogens with zero attached hydrogens (tertiary/aromatic N) is 2. The Kier molecular flexibility index (Phi) is 2.36. The van der Waals surface area contributed by atoms with Crippen LogP contribution in [0.5, 0.6) is 0 Å². The number of aryl methyl sites for hydroxylation is 2. The van der Waals surface area contributed by atoms with E-state index in [1.54, 1.807) is 0 Å². The van der Waals surface area contributed by atoms with Crippen molar-refractivity contribution in [3.63, 3.8) is 0 Å². The molecule has 2 heterocycles. The van der Waals surface area contributed by atoms with Crippen LogP contribution in [0.25, 0.3) is 0 Å². The molecule has 1 aromatic heterocycles. The van der Waals surface area contributed by atoms with Gasteiger partial charge in [0.2, 0.25) is 0 Å². The van der Waals surface area contributed by atoms with Crippen LogP contribution < -0.4 is 0 Å². The first-order chi connectivity index (χ1) is 6.25. The predicted octanol–water partition coefficient (Wildman–Crippen LogP) is 1.68. The molecule has 3 nitrogen and oxygen atoms in total. The number of ether oxygens (including phenoxy) is 1. The molecule has 1 aliphatic heterocycles. The van der Waals surface area contributed by atoms with Gasteiger partial charge in [0.05, 0.1) is 18.3 Å². The van der Waals surface area contributed by atoms with Crippen LogP contribution in [0.2, 0.25) is 0 Å². The van der Waals surface area contributed by atoms with Crippen LogP contribution in [-0.2, 0) is 11.3 Å². The first-order valence-electron chi connectivity index (χ1n) is 4.88. The highest BCUT2D eigenvalue weighted by molar-refractivity contribution is 5.06. The third kappa shape index (κ3) is 1.91. The van der Waals surface area contributed by atoms with Crippen LogP contribution in [0.3, 0.4) is 0 Å². The van der Waals surface area contributed by atoms with Crippen molar-refractivity contribution < 1.29 is 4.74 Å². The molecule has 2 rings (SSSR count). The minimum absolute atomic E-state index is 0.387. The molecule has 0 radical (unpaired) electrons. The maximum absolute atomic E-state index is 5.56. The fourth-order valence-electron chi connectivity index (χ4n) is 1.84. The van der Waals surface area contributed by atoms with Gasteiger partial charge >= 0.3 is 0 Å². The lowest BCUT2D eigenvalue weighted by atomic mass is 10.2. The third-order valence-corrected chi connectivity index (χ3v) is 2.50. The van der Waals surface area contributed by atoms with Crippen molar-refractivity contribution in [3.05, 3.63) is 17.5 Å². The molecular weight excluding hydrogens is 164 g/mol. The van der Waals surface area contributed by atoms with Gasteiger partial charge < -0.3 is 4.74 Å². The maximum atomic E-state index is 5.56. The van der Waals surface area contributed by atoms with Gasteiger partial charge in [-0.05, 0) is 32.8 Å². The monoisotopic (exact) mass is 180 g/mol. The van der Waals surface area contributed by atoms with Crippen LogP contribution in [0.15, 0.2) is 6.07 Å². The number of hydrogen-bond acceptors (Lipinski definition) is 2. The zero-order valence-electron chi connectivity index (χ0n) is 8.29. The molecule has 13 heavy (non-hydrogen) atoms. The van der Waals surface area contributed by atoms with Gasteiger partial charge in [0.25, 0.3) is 0 Å². The highest BCUT2D eigenvalue weighted by Crippen LogP contribution is 2.14. The Hall–Kier alpha value is -0.830. The number of rotatable bonds is 2. The molecule has 0 aliphatic carbocycles. The van der Waals surface area contributed by atoms with Crippen LogP contribution in [0.4, 0.5) is 0 Å². The summed E-state index contributed by atoms with van der Waals surface area (Å²) in [6.45, 7) is 5.96. The smallest absolute Gasteiger partial charge is 0.0771 e. The highest BCUT2D eigenvalue weighted by atomic mass is 16.5. The largest absolute Gasteiger partial charge is 0.376 e. The molecule has 0 saturated carbocycles. The van der Waals surface area contributed by atoms with Crippen molar-refractivity contribution in [2.75, 3.05) is 6.61 Å². The average Bonchev–Trinajstić information content (AvgIpc) is 2.63. The Balaban J connectivity index is 2.03. The normalized spacial score (nSPS) is 22.5. The molecule has 0 bridgehead atoms. The second-order valence-corrected chi connectivity index (χ2v) is 3.74. The minimum atomic E-state index is 0.387. The van der Waals surface area contributed by atoms with E-state index in [0.717, 1.165) is 18.8 Å². The molecule has 0 aromatic carbocycles. The molecule has 1 atom stereocenters. The van der Waals surface area contributed by atoms with Gasteiger partial charge in [-0.15, -0.1) is 0 Å². The molecule has 0 amide bonds. The van der Waals surface area contributed by atoms with Crippen molar-refractivity contribution in [3.8, 4) is 0 Å². The quantitative estimate of drug-likeness (QED) is 0.692. The lowest BCUT2D eigenvalue weighted by Gasteiger charge is -2.10. The summed E-state index contributed by atoms with van der Waals surface area (Å²) in [5.74, 6) is 0. The van der Waals surface area contributed by atoms with Crippen LogP contribution in [0, 0.1) is 13.8 Å². The molecule has 0 spiro atoms. The summed E-state index contributed by atoms with van der Waals surface area (Å²) in [5, 5.41) is 4.41. The van der Waals surface area contributed by atoms with Gasteiger partial charge in [-0.2, -0.15) is 5.10 Å². The van der Waals surface area contributed by atoms with E-state index in [1.165, 1.54) is 18.5 Å². The van der Waals surface area contributed by atoms with Crippen molar-refractivity contribution in [1.29, 1.82) is 0 Å². The first-order valence-corrected chi connectivity index (χ1v) is 4.88. The fourth-order valence-corrected chi connectivity index (χ4v) is 1.84. The molecular formula is C10H16N2O. The zero-order valence-corrected chi connectivity index (χ0v) is 8.29. The second-order valence-electron chi connectivity index (χ2n) is 3.74. The summed E-state index contributed by atoms with van der Waals surface area (Å²) in [6.07, 6.45) is 2.76. The van der Waals surface area contributed by atoms with Gasteiger partial charge in [-0.3, -0.25) is 4.68 Å². The van der Waals surface area contributed by atoms with E-state index in [1.807, 2.05) is 11.6 Å². The van der Waals surface area contributed by atoms with E-state index in [2.05, 4.69) is 18.1 Å². The summed E-state index contributed by atoms with van der Waals surface area (Å²) in [6, 6.07) is 2.11. The van der Waals surface area contributed by atoms with E-state index >= 15 is 0 Å². The van der Waals surface area contributed by atoms with Crippen LogP contribution >= 0.6 is 0 Å². The summed E-state index contributed by atoms with van der Waals surface area (Å²) in [5.41, 5.74) is 2.32. The van der Waals surface area contributed by atoms with Crippen molar-refractivity contribution in [1.82, 2.24) is 9.78 Å². The zero-order chi connectivity index (χ0) is 9.26. The first kappa shape index (κ1) is 8.75. The summed E-state index contributed by atoms with van der Waals surface area (Å²) >= 11 is 0. The highest BCUT2D eigenvalue weighted by Gasteiger charge is 2.16. The molecule has 72 valence electrons. The van der Waals surface area contributed by atoms with Crippen molar-refractivity contribution in [2.24, 2.45) is 0 Å². The van der Waals surface area contributed by atoms with Crippen molar-refractivity contribution in [2.45, 2.75) is 39.3 Å². The Morgan fingerprint density at radius 1 is 1.62 bits per heavy atom. The molecule has 0 N–H and O–H groups in total. The standard InChI is InChI=1S/C10H16N2O/c1-8-6-9(2)12(11-8)7-10-4-3-5-13-10/h6,10H,3-5,7H2,1-2H3. The molecule has 1 aliphatic rings.